The van der Waals surface area contributed by atoms with E-state index in [0.29, 0.717) is 68.9 Å². The number of aryl methyl sites for hydroxylation is 5. The van der Waals surface area contributed by atoms with Crippen molar-refractivity contribution in [3.8, 4) is 56.0 Å². The van der Waals surface area contributed by atoms with Gasteiger partial charge < -0.3 is 95.1 Å². The van der Waals surface area contributed by atoms with Crippen LogP contribution in [0.25, 0.3) is 56.0 Å². The third-order valence-electron chi connectivity index (χ3n) is 17.1. The van der Waals surface area contributed by atoms with E-state index in [1.165, 1.54) is 39.8 Å². The number of benzene rings is 3. The molecule has 44 heteroatoms. The van der Waals surface area contributed by atoms with Crippen molar-refractivity contribution in [2.24, 2.45) is 58.2 Å². The molecule has 0 aliphatic heterocycles. The van der Waals surface area contributed by atoms with Crippen LogP contribution >= 0.6 is 105 Å². The predicted molar refractivity (Wildman–Crippen MR) is 463 cm³/mol. The first-order chi connectivity index (χ1) is 57.9. The number of Topliss-reactive ketones (excluding diaryl/α,β-unsaturated/α-hetero) is 1. The zero-order chi connectivity index (χ0) is 89.5. The van der Waals surface area contributed by atoms with Crippen molar-refractivity contribution in [1.29, 1.82) is 0 Å². The number of hydrogen-bond acceptors (Lipinski definition) is 23. The van der Waals surface area contributed by atoms with Crippen LogP contribution in [0, 0.1) is 0 Å². The number of carbonyl (C=O) groups is 9. The Bertz CT molecular complexity index is 5810. The molecule has 0 radical (unpaired) electrons. The van der Waals surface area contributed by atoms with Crippen molar-refractivity contribution in [1.82, 2.24) is 49.1 Å². The van der Waals surface area contributed by atoms with E-state index in [0.717, 1.165) is 22.3 Å². The molecule has 0 fully saturated rings. The molecule has 34 nitrogen and oxygen atoms in total. The quantitative estimate of drug-likeness (QED) is 0.0138. The van der Waals surface area contributed by atoms with Gasteiger partial charge in [0.05, 0.1) is 54.0 Å². The average Bonchev–Trinajstić information content (AvgIpc) is 1.67. The topological polar surface area (TPSA) is 520 Å². The first kappa shape index (κ1) is 105. The van der Waals surface area contributed by atoms with E-state index in [9.17, 15) is 53.4 Å². The zero-order valence-corrected chi connectivity index (χ0v) is 76.2. The van der Waals surface area contributed by atoms with E-state index in [1.54, 1.807) is 143 Å². The van der Waals surface area contributed by atoms with E-state index in [1.807, 2.05) is 66.7 Å². The van der Waals surface area contributed by atoms with Crippen LogP contribution in [0.3, 0.4) is 0 Å². The Morgan fingerprint density at radius 2 is 0.824 bits per heavy atom. The van der Waals surface area contributed by atoms with Crippen LogP contribution in [-0.4, -0.2) is 156 Å². The molecule has 0 saturated carbocycles. The maximum absolute atomic E-state index is 13.0. The van der Waals surface area contributed by atoms with Crippen molar-refractivity contribution < 1.29 is 125 Å². The summed E-state index contributed by atoms with van der Waals surface area (Å²) in [5, 5.41) is 46.7. The molecule has 14 N–H and O–H groups in total. The molecule has 5 atom stereocenters. The van der Waals surface area contributed by atoms with Crippen LogP contribution in [0.15, 0.2) is 199 Å². The number of nitrogens with one attached hydrogen (secondary N) is 2. The molecule has 0 saturated heterocycles. The van der Waals surface area contributed by atoms with Crippen LogP contribution in [-0.2, 0) is 83.2 Å². The third kappa shape index (κ3) is 29.4. The summed E-state index contributed by atoms with van der Waals surface area (Å²) in [6.45, 7) is 4.13. The molecule has 13 rings (SSSR count). The summed E-state index contributed by atoms with van der Waals surface area (Å²) in [7, 11) is 8.54. The second-order valence-electron chi connectivity index (χ2n) is 26.2. The van der Waals surface area contributed by atoms with E-state index >= 15 is 0 Å². The second-order valence-corrected chi connectivity index (χ2v) is 29.0. The average molecular weight is 1910 g/mol. The molecule has 13 aromatic rings. The van der Waals surface area contributed by atoms with Crippen LogP contribution < -0.4 is 63.1 Å². The number of amides is 5. The number of carbonyl (C=O) groups excluding carboxylic acids is 8. The van der Waals surface area contributed by atoms with Gasteiger partial charge in [0.2, 0.25) is 38.5 Å². The van der Waals surface area contributed by atoms with Gasteiger partial charge in [0, 0.05) is 143 Å². The molecule has 0 aliphatic rings. The fourth-order valence-corrected chi connectivity index (χ4v) is 13.4. The standard InChI is InChI=1S/C20H19Cl2N3O4.C20H17Cl2N3O4.C11H10Cl2N2O3.C11H12N2O3.C10H14N2O2.C9H6Cl2N2O3.ClH.Na.H2O/c2*1-25-9-13(12-8-16(21)29-18(12)22)14(10-25)20(28)24-15(17(26)19(23)27)7-11-5-3-2-4-6-11;1-3-17-11(16)7-5-15(2)14-9(7)6-4-8(12)18-10(6)13;1-3-16-11(14)9-6-13(2)12-10(9)8-4-5-15-7-8;11-8(9(13)10(12)14)6-7-4-2-1-3-5-7;1-13-3-5(9(14)15)7(12-13)4-2-6(10)16-8(4)11;;;/h2-6,8-10,15,17,26H,7H2,1H3,(H2,23,27)(H,24,28);2-6,8-10,15H,7H2,1H3,(H2,23,27)(H,24,28);4-5H,3H2,1-2H3;4-7H,3H2,1-2H3;1-5,8-9,13H,6,11H2,(H2,12,14);2-3H,1H3,(H,14,15);1H;;1H2/q;;;;;;;+1;/p-1. The number of primary amides is 3. The van der Waals surface area contributed by atoms with Gasteiger partial charge in [-0.15, -0.1) is 12.4 Å². The van der Waals surface area contributed by atoms with Crippen LogP contribution in [0.5, 0.6) is 0 Å². The monoisotopic (exact) mass is 1910 g/mol. The summed E-state index contributed by atoms with van der Waals surface area (Å²) in [6.07, 6.45) is 12.1. The van der Waals surface area contributed by atoms with Crippen molar-refractivity contribution in [2.45, 2.75) is 63.4 Å². The van der Waals surface area contributed by atoms with Crippen molar-refractivity contribution in [2.75, 3.05) is 13.2 Å². The van der Waals surface area contributed by atoms with E-state index < -0.39 is 77.6 Å². The number of nitrogens with two attached hydrogens (primary N) is 4. The summed E-state index contributed by atoms with van der Waals surface area (Å²) < 4.78 is 42.8. The van der Waals surface area contributed by atoms with Crippen molar-refractivity contribution in [3.63, 3.8) is 0 Å². The number of aliphatic hydroxyl groups is 2. The van der Waals surface area contributed by atoms with Gasteiger partial charge in [-0.25, -0.2) is 14.4 Å². The normalized spacial score (nSPS) is 11.7. The molecule has 658 valence electrons. The Hall–Kier alpha value is -10.9. The number of nitrogens with zero attached hydrogens (tertiary/aromatic N) is 8. The van der Waals surface area contributed by atoms with Crippen molar-refractivity contribution in [3.05, 3.63) is 263 Å². The molecule has 0 bridgehead atoms. The number of ether oxygens (including phenoxy) is 2. The molecule has 0 aliphatic carbocycles. The zero-order valence-electron chi connectivity index (χ0n) is 67.3. The summed E-state index contributed by atoms with van der Waals surface area (Å²) >= 11 is 46.9. The number of aromatic carboxylic acids is 1. The Labute approximate surface area is 780 Å². The van der Waals surface area contributed by atoms with Crippen LogP contribution in [0.4, 0.5) is 0 Å². The molecule has 10 aromatic heterocycles. The molecule has 5 amide bonds. The smallest absolute Gasteiger partial charge is 0.870 e. The fraction of sp³-hybridized carbons (Fsp3) is 0.210. The minimum absolute atomic E-state index is 0. The maximum atomic E-state index is 13.0. The summed E-state index contributed by atoms with van der Waals surface area (Å²) in [6, 6.07) is 32.6. The number of hydrogen-bond donors (Lipinski definition) is 9. The number of carboxylic acids is 1. The van der Waals surface area contributed by atoms with E-state index in [2.05, 4.69) is 25.9 Å². The maximum Gasteiger partial charge on any atom is 1.00 e. The van der Waals surface area contributed by atoms with E-state index in [-0.39, 0.29) is 137 Å². The summed E-state index contributed by atoms with van der Waals surface area (Å²) in [5.41, 5.74) is 29.5. The molecular weight excluding hydrogens is 1830 g/mol. The Balaban J connectivity index is 0.000000271. The number of aromatic nitrogens is 8. The minimum Gasteiger partial charge on any atom is -0.870 e. The van der Waals surface area contributed by atoms with Gasteiger partial charge in [0.1, 0.15) is 45.9 Å². The number of halogens is 9. The number of ketones is 1. The molecule has 10 heterocycles. The summed E-state index contributed by atoms with van der Waals surface area (Å²) in [5.74, 6) is -6.71. The summed E-state index contributed by atoms with van der Waals surface area (Å²) in [4.78, 5) is 106. The van der Waals surface area contributed by atoms with Crippen LogP contribution in [0.1, 0.15) is 82.3 Å². The predicted octanol–water partition coefficient (Wildman–Crippen LogP) is 10.1. The van der Waals surface area contributed by atoms with Gasteiger partial charge in [-0.2, -0.15) is 15.3 Å². The molecule has 3 aromatic carbocycles. The SMILES string of the molecule is CCOC(=O)c1cn(C)nc1-c1cc(Cl)oc1Cl.CCOC(=O)c1cn(C)nc1-c1ccoc1.Cl.Cn1cc(C(=O)NC(Cc2ccccc2)C(=O)C(N)=O)c(-c2cc(Cl)oc2Cl)c1.Cn1cc(C(=O)NC(Cc2ccccc2)C(O)C(N)=O)c(-c2cc(Cl)oc2Cl)c1.Cn1cc(C(=O)O)c(-c2cc(Cl)oc2Cl)n1.NC(=O)C(O)C(N)Cc1ccccc1.[Na+].[OH-]. The molecule has 125 heavy (non-hydrogen) atoms. The number of esters is 2. The van der Waals surface area contributed by atoms with E-state index in [4.69, 9.17) is 152 Å². The van der Waals surface area contributed by atoms with Crippen LogP contribution in [0.2, 0.25) is 41.8 Å². The number of rotatable bonds is 26. The number of carboxylic acid groups (broad SMARTS) is 1. The van der Waals surface area contributed by atoms with Crippen molar-refractivity contribution >= 4 is 158 Å². The first-order valence-corrected chi connectivity index (χ1v) is 39.0. The molecule has 5 unspecified atom stereocenters. The van der Waals surface area contributed by atoms with Gasteiger partial charge in [-0.05, 0) is 142 Å². The third-order valence-corrected chi connectivity index (χ3v) is 18.9. The first-order valence-electron chi connectivity index (χ1n) is 36.0. The number of furan rings is 5. The van der Waals surface area contributed by atoms with Gasteiger partial charge in [-0.1, -0.05) is 91.0 Å². The second kappa shape index (κ2) is 49.1. The van der Waals surface area contributed by atoms with Gasteiger partial charge in [0.15, 0.2) is 27.0 Å². The fourth-order valence-electron chi connectivity index (χ4n) is 11.6. The van der Waals surface area contributed by atoms with Gasteiger partial charge in [0.25, 0.3) is 17.7 Å². The Kier molecular flexibility index (Phi) is 41.2. The minimum atomic E-state index is -1.56. The van der Waals surface area contributed by atoms with Gasteiger partial charge >= 0.3 is 47.5 Å². The Morgan fingerprint density at radius 1 is 0.464 bits per heavy atom. The Morgan fingerprint density at radius 3 is 1.18 bits per heavy atom. The largest absolute Gasteiger partial charge is 1.00 e. The van der Waals surface area contributed by atoms with Gasteiger partial charge in [-0.3, -0.25) is 42.8 Å². The molecule has 0 spiro atoms. The molecular formula is C81H80Cl9N14NaO20. The number of aliphatic hydroxyl groups excluding tert-OH is 2.